The van der Waals surface area contributed by atoms with Crippen molar-refractivity contribution >= 4 is 62.1 Å². The van der Waals surface area contributed by atoms with Crippen LogP contribution in [-0.2, 0) is 9.53 Å². The van der Waals surface area contributed by atoms with Crippen LogP contribution in [0.5, 0.6) is 11.5 Å². The summed E-state index contributed by atoms with van der Waals surface area (Å²) in [5, 5.41) is 7.29. The lowest BCUT2D eigenvalue weighted by Gasteiger charge is -2.32. The van der Waals surface area contributed by atoms with Crippen molar-refractivity contribution in [3.8, 4) is 11.5 Å². The third-order valence-electron chi connectivity index (χ3n) is 5.63. The summed E-state index contributed by atoms with van der Waals surface area (Å²) in [5.41, 5.74) is 0.113. The highest BCUT2D eigenvalue weighted by molar-refractivity contribution is 7.21. The number of amides is 1. The molecule has 0 radical (unpaired) electrons. The van der Waals surface area contributed by atoms with Crippen LogP contribution < -0.4 is 20.1 Å². The minimum absolute atomic E-state index is 0.113. The van der Waals surface area contributed by atoms with E-state index < -0.39 is 0 Å². The number of ketones is 1. The molecule has 1 saturated heterocycles. The van der Waals surface area contributed by atoms with Gasteiger partial charge in [-0.3, -0.25) is 9.59 Å². The monoisotopic (exact) mass is 535 g/mol. The molecule has 2 N–H and O–H groups in total. The van der Waals surface area contributed by atoms with E-state index in [0.29, 0.717) is 41.8 Å². The van der Waals surface area contributed by atoms with Gasteiger partial charge >= 0.3 is 0 Å². The molecule has 1 fully saturated rings. The van der Waals surface area contributed by atoms with Gasteiger partial charge < -0.3 is 24.8 Å². The largest absolute Gasteiger partial charge is 0.495 e. The molecule has 184 valence electrons. The number of rotatable bonds is 8. The third-order valence-corrected chi connectivity index (χ3v) is 7.48. The van der Waals surface area contributed by atoms with E-state index in [2.05, 4.69) is 22.2 Å². The number of nitrogens with one attached hydrogen (secondary N) is 2. The Labute approximate surface area is 216 Å². The minimum Gasteiger partial charge on any atom is -0.495 e. The summed E-state index contributed by atoms with van der Waals surface area (Å²) < 4.78 is 17.0. The quantitative estimate of drug-likeness (QED) is 0.318. The van der Waals surface area contributed by atoms with Crippen LogP contribution in [0.15, 0.2) is 37.1 Å². The zero-order chi connectivity index (χ0) is 25.1. The number of hydrogen-bond donors (Lipinski definition) is 2. The second-order valence-electron chi connectivity index (χ2n) is 7.76. The summed E-state index contributed by atoms with van der Waals surface area (Å²) in [4.78, 5) is 30.1. The maximum absolute atomic E-state index is 13.4. The number of methoxy groups -OCH3 is 2. The Morgan fingerprint density at radius 1 is 1.17 bits per heavy atom. The number of halogens is 2. The van der Waals surface area contributed by atoms with Gasteiger partial charge in [0.25, 0.3) is 0 Å². The van der Waals surface area contributed by atoms with Crippen molar-refractivity contribution in [3.05, 3.63) is 57.5 Å². The Balaban J connectivity index is 1.62. The number of hydrogen-bond acceptors (Lipinski definition) is 8. The Morgan fingerprint density at radius 2 is 1.89 bits per heavy atom. The Hall–Kier alpha value is -2.85. The lowest BCUT2D eigenvalue weighted by molar-refractivity contribution is -0.117. The zero-order valence-corrected chi connectivity index (χ0v) is 21.4. The SMILES string of the molecule is C=CC(=O)NC1CCOCC1Nc1cc2sc(C(=O)c3c(Cl)c(OC)cc(OC)c3Cl)cc2cn1. The molecule has 0 aliphatic carbocycles. The molecule has 8 nitrogen and oxygen atoms in total. The maximum Gasteiger partial charge on any atom is 0.243 e. The molecule has 2 atom stereocenters. The number of thiophene rings is 1. The fourth-order valence-electron chi connectivity index (χ4n) is 3.82. The molecule has 3 heterocycles. The third kappa shape index (κ3) is 5.23. The average molecular weight is 536 g/mol. The average Bonchev–Trinajstić information content (AvgIpc) is 3.29. The van der Waals surface area contributed by atoms with Crippen molar-refractivity contribution in [1.29, 1.82) is 0 Å². The first-order chi connectivity index (χ1) is 16.9. The van der Waals surface area contributed by atoms with E-state index in [1.165, 1.54) is 37.7 Å². The molecule has 3 aromatic rings. The molecule has 1 aromatic carbocycles. The normalized spacial score (nSPS) is 17.6. The van der Waals surface area contributed by atoms with E-state index >= 15 is 0 Å². The summed E-state index contributed by atoms with van der Waals surface area (Å²) >= 11 is 14.2. The van der Waals surface area contributed by atoms with Gasteiger partial charge in [0.1, 0.15) is 17.3 Å². The summed E-state index contributed by atoms with van der Waals surface area (Å²) in [5.74, 6) is 0.600. The zero-order valence-electron chi connectivity index (χ0n) is 19.0. The van der Waals surface area contributed by atoms with Gasteiger partial charge in [0, 0.05) is 29.0 Å². The number of fused-ring (bicyclic) bond motifs is 1. The molecule has 4 rings (SSSR count). The van der Waals surface area contributed by atoms with Gasteiger partial charge in [0.15, 0.2) is 0 Å². The lowest BCUT2D eigenvalue weighted by Crippen LogP contribution is -2.52. The van der Waals surface area contributed by atoms with Gasteiger partial charge in [0.2, 0.25) is 11.7 Å². The van der Waals surface area contributed by atoms with E-state index in [4.69, 9.17) is 37.4 Å². The highest BCUT2D eigenvalue weighted by atomic mass is 35.5. The first-order valence-corrected chi connectivity index (χ1v) is 12.2. The van der Waals surface area contributed by atoms with Crippen LogP contribution in [0.2, 0.25) is 10.0 Å². The van der Waals surface area contributed by atoms with Gasteiger partial charge in [-0.15, -0.1) is 11.3 Å². The van der Waals surface area contributed by atoms with E-state index in [-0.39, 0.29) is 39.4 Å². The van der Waals surface area contributed by atoms with Crippen molar-refractivity contribution < 1.29 is 23.8 Å². The lowest BCUT2D eigenvalue weighted by atomic mass is 10.0. The number of benzene rings is 1. The number of carbonyl (C=O) groups excluding carboxylic acids is 2. The second kappa shape index (κ2) is 10.8. The fourth-order valence-corrected chi connectivity index (χ4v) is 5.51. The molecule has 1 aliphatic heterocycles. The van der Waals surface area contributed by atoms with E-state index in [0.717, 1.165) is 10.1 Å². The number of aromatic nitrogens is 1. The van der Waals surface area contributed by atoms with E-state index in [9.17, 15) is 9.59 Å². The van der Waals surface area contributed by atoms with Crippen LogP contribution in [0.4, 0.5) is 5.82 Å². The maximum atomic E-state index is 13.4. The summed E-state index contributed by atoms with van der Waals surface area (Å²) in [6, 6.07) is 4.84. The molecule has 0 saturated carbocycles. The molecule has 0 bridgehead atoms. The topological polar surface area (TPSA) is 98.8 Å². The Kier molecular flexibility index (Phi) is 7.81. The van der Waals surface area contributed by atoms with Crippen molar-refractivity contribution in [2.45, 2.75) is 18.5 Å². The molecule has 35 heavy (non-hydrogen) atoms. The van der Waals surface area contributed by atoms with Crippen LogP contribution >= 0.6 is 34.5 Å². The Morgan fingerprint density at radius 3 is 2.54 bits per heavy atom. The summed E-state index contributed by atoms with van der Waals surface area (Å²) in [6.07, 6.45) is 3.60. The van der Waals surface area contributed by atoms with Crippen molar-refractivity contribution in [1.82, 2.24) is 10.3 Å². The molecule has 1 aliphatic rings. The molecular formula is C24H23Cl2N3O5S. The summed E-state index contributed by atoms with van der Waals surface area (Å²) in [7, 11) is 2.90. The highest BCUT2D eigenvalue weighted by Crippen LogP contribution is 2.42. The van der Waals surface area contributed by atoms with Crippen molar-refractivity contribution in [2.75, 3.05) is 32.8 Å². The molecule has 2 aromatic heterocycles. The summed E-state index contributed by atoms with van der Waals surface area (Å²) in [6.45, 7) is 4.49. The molecule has 11 heteroatoms. The van der Waals surface area contributed by atoms with Gasteiger partial charge in [0.05, 0.1) is 53.4 Å². The van der Waals surface area contributed by atoms with Gasteiger partial charge in [-0.2, -0.15) is 0 Å². The number of nitrogens with zero attached hydrogens (tertiary/aromatic N) is 1. The molecule has 2 unspecified atom stereocenters. The predicted octanol–water partition coefficient (Wildman–Crippen LogP) is 4.72. The first-order valence-electron chi connectivity index (χ1n) is 10.7. The predicted molar refractivity (Wildman–Crippen MR) is 138 cm³/mol. The Bertz CT molecular complexity index is 1270. The number of carbonyl (C=O) groups is 2. The van der Waals surface area contributed by atoms with E-state index in [1.54, 1.807) is 12.3 Å². The van der Waals surface area contributed by atoms with Crippen LogP contribution in [0.3, 0.4) is 0 Å². The van der Waals surface area contributed by atoms with Crippen molar-refractivity contribution in [3.63, 3.8) is 0 Å². The van der Waals surface area contributed by atoms with Crippen LogP contribution in [0, 0.1) is 0 Å². The van der Waals surface area contributed by atoms with Crippen LogP contribution in [-0.4, -0.2) is 56.2 Å². The molecule has 0 spiro atoms. The van der Waals surface area contributed by atoms with Crippen LogP contribution in [0.1, 0.15) is 21.7 Å². The minimum atomic E-state index is -0.346. The number of ether oxygens (including phenoxy) is 3. The molecule has 1 amide bonds. The number of pyridine rings is 1. The van der Waals surface area contributed by atoms with Crippen LogP contribution in [0.25, 0.3) is 10.1 Å². The fraction of sp³-hybridized carbons (Fsp3) is 0.292. The second-order valence-corrected chi connectivity index (χ2v) is 9.60. The van der Waals surface area contributed by atoms with Crippen molar-refractivity contribution in [2.24, 2.45) is 0 Å². The standard InChI is InChI=1S/C24H23Cl2N3O5S/c1-4-20(30)29-13-5-6-34-11-14(13)28-19-9-17-12(10-27-19)7-18(35-17)24(31)21-22(25)15(32-2)8-16(33-3)23(21)26/h4,7-10,13-14H,1,5-6,11H2,2-3H3,(H,27,28)(H,29,30). The highest BCUT2D eigenvalue weighted by Gasteiger charge is 2.28. The van der Waals surface area contributed by atoms with Gasteiger partial charge in [-0.25, -0.2) is 4.98 Å². The van der Waals surface area contributed by atoms with Gasteiger partial charge in [-0.05, 0) is 24.6 Å². The smallest absolute Gasteiger partial charge is 0.243 e. The molecular weight excluding hydrogens is 513 g/mol. The van der Waals surface area contributed by atoms with Gasteiger partial charge in [-0.1, -0.05) is 29.8 Å². The first kappa shape index (κ1) is 25.2. The number of anilines is 1. The van der Waals surface area contributed by atoms with E-state index in [1.807, 2.05) is 6.07 Å².